The Bertz CT molecular complexity index is 2830. The van der Waals surface area contributed by atoms with E-state index in [1.54, 1.807) is 0 Å². The minimum Gasteiger partial charge on any atom is -0.455 e. The van der Waals surface area contributed by atoms with E-state index in [1.165, 1.54) is 33.4 Å². The minimum absolute atomic E-state index is 0.904. The number of fused-ring (bicyclic) bond motifs is 3. The number of rotatable bonds is 8. The number of anilines is 3. The lowest BCUT2D eigenvalue weighted by atomic mass is 9.97. The molecule has 0 atom stereocenters. The van der Waals surface area contributed by atoms with Crippen LogP contribution in [-0.4, -0.2) is 0 Å². The molecular weight excluding hydrogens is 679 g/mol. The van der Waals surface area contributed by atoms with Crippen molar-refractivity contribution in [2.75, 3.05) is 4.90 Å². The molecule has 0 amide bonds. The summed E-state index contributed by atoms with van der Waals surface area (Å²) in [4.78, 5) is 2.36. The van der Waals surface area contributed by atoms with Crippen LogP contribution < -0.4 is 4.90 Å². The molecule has 10 aromatic rings. The summed E-state index contributed by atoms with van der Waals surface area (Å²) >= 11 is 0. The fourth-order valence-electron chi connectivity index (χ4n) is 7.88. The summed E-state index contributed by atoms with van der Waals surface area (Å²) in [6.45, 7) is 0. The number of furan rings is 1. The van der Waals surface area contributed by atoms with Crippen LogP contribution in [0.25, 0.3) is 77.6 Å². The van der Waals surface area contributed by atoms with Crippen molar-refractivity contribution >= 4 is 39.0 Å². The molecule has 0 radical (unpaired) electrons. The summed E-state index contributed by atoms with van der Waals surface area (Å²) < 4.78 is 6.43. The monoisotopic (exact) mass is 715 g/mol. The standard InChI is InChI=1S/C54H37NO/c1-3-14-38(15-4-1)41-18-9-20-43(34-41)45-22-11-24-48(36-45)55(49-25-12-23-46(37-49)44-21-10-19-42(35-44)39-16-5-2-6-17-39)47-32-30-40(31-33-47)50-27-13-28-52-51-26-7-8-29-53(51)56-54(50)52/h1-37H. The first-order chi connectivity index (χ1) is 27.7. The van der Waals surface area contributed by atoms with Crippen molar-refractivity contribution < 1.29 is 4.42 Å². The average Bonchev–Trinajstić information content (AvgIpc) is 3.67. The maximum atomic E-state index is 6.43. The quantitative estimate of drug-likeness (QED) is 0.156. The number of nitrogens with zero attached hydrogens (tertiary/aromatic N) is 1. The van der Waals surface area contributed by atoms with Crippen LogP contribution in [0.5, 0.6) is 0 Å². The zero-order valence-electron chi connectivity index (χ0n) is 30.7. The molecule has 0 aliphatic rings. The van der Waals surface area contributed by atoms with Gasteiger partial charge < -0.3 is 9.32 Å². The Morgan fingerprint density at radius 3 is 1.27 bits per heavy atom. The molecule has 2 nitrogen and oxygen atoms in total. The van der Waals surface area contributed by atoms with Gasteiger partial charge in [-0.05, 0) is 105 Å². The van der Waals surface area contributed by atoms with Gasteiger partial charge in [0, 0.05) is 33.4 Å². The first-order valence-corrected chi connectivity index (χ1v) is 19.1. The third kappa shape index (κ3) is 6.34. The van der Waals surface area contributed by atoms with Crippen LogP contribution in [0, 0.1) is 0 Å². The Morgan fingerprint density at radius 2 is 0.696 bits per heavy atom. The third-order valence-electron chi connectivity index (χ3n) is 10.7. The molecule has 264 valence electrons. The van der Waals surface area contributed by atoms with Gasteiger partial charge in [-0.25, -0.2) is 0 Å². The second-order valence-corrected chi connectivity index (χ2v) is 14.2. The molecule has 0 aliphatic heterocycles. The molecule has 0 fully saturated rings. The van der Waals surface area contributed by atoms with Gasteiger partial charge in [0.2, 0.25) is 0 Å². The van der Waals surface area contributed by atoms with E-state index in [2.05, 4.69) is 217 Å². The van der Waals surface area contributed by atoms with Crippen molar-refractivity contribution in [1.29, 1.82) is 0 Å². The molecule has 0 spiro atoms. The lowest BCUT2D eigenvalue weighted by Crippen LogP contribution is -2.10. The van der Waals surface area contributed by atoms with Crippen molar-refractivity contribution in [3.05, 3.63) is 224 Å². The molecule has 10 rings (SSSR count). The van der Waals surface area contributed by atoms with Gasteiger partial charge >= 0.3 is 0 Å². The van der Waals surface area contributed by atoms with Gasteiger partial charge in [-0.3, -0.25) is 0 Å². The van der Waals surface area contributed by atoms with Gasteiger partial charge in [-0.1, -0.05) is 170 Å². The Hall–Kier alpha value is -7.42. The molecule has 0 aliphatic carbocycles. The highest BCUT2D eigenvalue weighted by Gasteiger charge is 2.17. The Labute approximate surface area is 327 Å². The van der Waals surface area contributed by atoms with Crippen LogP contribution in [0.2, 0.25) is 0 Å². The number of para-hydroxylation sites is 2. The number of hydrogen-bond donors (Lipinski definition) is 0. The Balaban J connectivity index is 1.08. The van der Waals surface area contributed by atoms with Gasteiger partial charge in [0.15, 0.2) is 0 Å². The lowest BCUT2D eigenvalue weighted by Gasteiger charge is -2.27. The van der Waals surface area contributed by atoms with E-state index >= 15 is 0 Å². The predicted molar refractivity (Wildman–Crippen MR) is 236 cm³/mol. The topological polar surface area (TPSA) is 16.4 Å². The maximum absolute atomic E-state index is 6.43. The van der Waals surface area contributed by atoms with E-state index in [0.29, 0.717) is 0 Å². The molecule has 2 heteroatoms. The minimum atomic E-state index is 0.904. The second kappa shape index (κ2) is 14.4. The van der Waals surface area contributed by atoms with Crippen LogP contribution in [0.4, 0.5) is 17.1 Å². The number of hydrogen-bond acceptors (Lipinski definition) is 2. The average molecular weight is 716 g/mol. The third-order valence-corrected chi connectivity index (χ3v) is 10.7. The summed E-state index contributed by atoms with van der Waals surface area (Å²) in [5.74, 6) is 0. The maximum Gasteiger partial charge on any atom is 0.143 e. The van der Waals surface area contributed by atoms with Gasteiger partial charge in [0.25, 0.3) is 0 Å². The normalized spacial score (nSPS) is 11.2. The first-order valence-electron chi connectivity index (χ1n) is 19.1. The smallest absolute Gasteiger partial charge is 0.143 e. The van der Waals surface area contributed by atoms with Gasteiger partial charge in [-0.2, -0.15) is 0 Å². The van der Waals surface area contributed by atoms with Gasteiger partial charge in [0.05, 0.1) is 0 Å². The van der Waals surface area contributed by atoms with E-state index in [9.17, 15) is 0 Å². The van der Waals surface area contributed by atoms with E-state index in [0.717, 1.165) is 61.3 Å². The molecule has 9 aromatic carbocycles. The van der Waals surface area contributed by atoms with Crippen molar-refractivity contribution in [3.63, 3.8) is 0 Å². The number of benzene rings is 9. The highest BCUT2D eigenvalue weighted by molar-refractivity contribution is 6.09. The zero-order chi connectivity index (χ0) is 37.3. The fraction of sp³-hybridized carbons (Fsp3) is 0. The zero-order valence-corrected chi connectivity index (χ0v) is 30.7. The first kappa shape index (κ1) is 33.2. The van der Waals surface area contributed by atoms with Crippen LogP contribution in [-0.2, 0) is 0 Å². The van der Waals surface area contributed by atoms with Crippen molar-refractivity contribution in [2.45, 2.75) is 0 Å². The Kier molecular flexibility index (Phi) is 8.55. The molecule has 0 bridgehead atoms. The fourth-order valence-corrected chi connectivity index (χ4v) is 7.88. The van der Waals surface area contributed by atoms with Crippen LogP contribution in [0.1, 0.15) is 0 Å². The van der Waals surface area contributed by atoms with E-state index < -0.39 is 0 Å². The van der Waals surface area contributed by atoms with E-state index in [4.69, 9.17) is 4.42 Å². The van der Waals surface area contributed by atoms with Crippen molar-refractivity contribution in [1.82, 2.24) is 0 Å². The highest BCUT2D eigenvalue weighted by Crippen LogP contribution is 2.41. The summed E-state index contributed by atoms with van der Waals surface area (Å²) in [5, 5.41) is 2.26. The highest BCUT2D eigenvalue weighted by atomic mass is 16.3. The van der Waals surface area contributed by atoms with Crippen molar-refractivity contribution in [2.24, 2.45) is 0 Å². The molecular formula is C54H37NO. The van der Waals surface area contributed by atoms with Crippen LogP contribution in [0.3, 0.4) is 0 Å². The molecule has 0 saturated carbocycles. The van der Waals surface area contributed by atoms with Crippen LogP contribution in [0.15, 0.2) is 229 Å². The largest absolute Gasteiger partial charge is 0.455 e. The summed E-state index contributed by atoms with van der Waals surface area (Å²) in [6.07, 6.45) is 0. The second-order valence-electron chi connectivity index (χ2n) is 14.2. The summed E-state index contributed by atoms with van der Waals surface area (Å²) in [5.41, 5.74) is 16.7. The molecule has 1 heterocycles. The molecule has 0 saturated heterocycles. The molecule has 56 heavy (non-hydrogen) atoms. The molecule has 0 unspecified atom stereocenters. The SMILES string of the molecule is c1ccc(-c2cccc(-c3cccc(N(c4ccc(-c5cccc6c5oc5ccccc56)cc4)c4cccc(-c5cccc(-c6ccccc6)c5)c4)c3)c2)cc1. The van der Waals surface area contributed by atoms with Gasteiger partial charge in [0.1, 0.15) is 11.2 Å². The summed E-state index contributed by atoms with van der Waals surface area (Å²) in [7, 11) is 0. The molecule has 0 N–H and O–H groups in total. The summed E-state index contributed by atoms with van der Waals surface area (Å²) in [6, 6.07) is 80.1. The lowest BCUT2D eigenvalue weighted by molar-refractivity contribution is 0.670. The molecule has 1 aromatic heterocycles. The van der Waals surface area contributed by atoms with E-state index in [-0.39, 0.29) is 0 Å². The predicted octanol–water partition coefficient (Wildman–Crippen LogP) is 15.4. The van der Waals surface area contributed by atoms with E-state index in [1.807, 2.05) is 12.1 Å². The van der Waals surface area contributed by atoms with Crippen LogP contribution >= 0.6 is 0 Å². The van der Waals surface area contributed by atoms with Crippen molar-refractivity contribution in [3.8, 4) is 55.6 Å². The van der Waals surface area contributed by atoms with Gasteiger partial charge in [-0.15, -0.1) is 0 Å². The Morgan fingerprint density at radius 1 is 0.268 bits per heavy atom.